The van der Waals surface area contributed by atoms with Crippen molar-refractivity contribution >= 4 is 29.7 Å². The lowest BCUT2D eigenvalue weighted by atomic mass is 9.96. The Bertz CT molecular complexity index is 1380. The van der Waals surface area contributed by atoms with Crippen molar-refractivity contribution in [1.82, 2.24) is 5.32 Å². The second-order valence-electron chi connectivity index (χ2n) is 13.0. The van der Waals surface area contributed by atoms with Crippen molar-refractivity contribution in [3.8, 4) is 17.2 Å². The number of carbonyl (C=O) groups excluding carboxylic acids is 2. The molecule has 2 atom stereocenters. The number of ketones is 2. The van der Waals surface area contributed by atoms with E-state index >= 15 is 0 Å². The third kappa shape index (κ3) is 10.8. The number of Topliss-reactive ketones (excluding diaryl/α,β-unsaturated/α-hetero) is 2. The summed E-state index contributed by atoms with van der Waals surface area (Å²) < 4.78 is 17.6. The zero-order chi connectivity index (χ0) is 31.8. The van der Waals surface area contributed by atoms with E-state index in [1.165, 1.54) is 29.7 Å². The highest BCUT2D eigenvalue weighted by Gasteiger charge is 2.29. The molecule has 1 N–H and O–H groups in total. The van der Waals surface area contributed by atoms with Gasteiger partial charge in [-0.3, -0.25) is 0 Å². The van der Waals surface area contributed by atoms with Crippen LogP contribution in [0.25, 0.3) is 0 Å². The number of hydrogen-bond donors (Lipinski definition) is 1. The van der Waals surface area contributed by atoms with Crippen LogP contribution in [-0.4, -0.2) is 56.6 Å². The minimum Gasteiger partial charge on any atom is -0.493 e. The minimum absolute atomic E-state index is 0. The molecule has 1 aliphatic carbocycles. The van der Waals surface area contributed by atoms with Gasteiger partial charge in [0.2, 0.25) is 0 Å². The zero-order valence-electron chi connectivity index (χ0n) is 27.6. The Morgan fingerprint density at radius 2 is 1.17 bits per heavy atom. The van der Waals surface area contributed by atoms with Crippen molar-refractivity contribution < 1.29 is 23.8 Å². The van der Waals surface area contributed by atoms with Crippen molar-refractivity contribution in [1.29, 1.82) is 0 Å². The first kappa shape index (κ1) is 35.3. The Kier molecular flexibility index (Phi) is 12.9. The Morgan fingerprint density at radius 1 is 0.717 bits per heavy atom. The molecule has 7 nitrogen and oxygen atoms in total. The molecule has 0 amide bonds. The number of halogens is 1. The van der Waals surface area contributed by atoms with Gasteiger partial charge in [0.25, 0.3) is 0 Å². The van der Waals surface area contributed by atoms with Crippen LogP contribution in [-0.2, 0) is 9.59 Å². The molecule has 8 heteroatoms. The summed E-state index contributed by atoms with van der Waals surface area (Å²) in [6, 6.07) is 24.6. The molecule has 2 aliphatic heterocycles. The molecule has 0 aromatic heterocycles. The van der Waals surface area contributed by atoms with E-state index in [0.29, 0.717) is 18.9 Å². The van der Waals surface area contributed by atoms with Crippen LogP contribution in [0.15, 0.2) is 72.8 Å². The summed E-state index contributed by atoms with van der Waals surface area (Å²) in [5.74, 6) is 4.54. The number of nitrogens with one attached hydrogen (secondary N) is 1. The molecule has 3 aromatic carbocycles. The maximum absolute atomic E-state index is 11.3. The van der Waals surface area contributed by atoms with E-state index in [4.69, 9.17) is 14.2 Å². The smallest absolute Gasteiger partial charge is 0.133 e. The van der Waals surface area contributed by atoms with Gasteiger partial charge in [0.15, 0.2) is 0 Å². The minimum atomic E-state index is 0. The molecule has 0 spiro atoms. The molecule has 2 heterocycles. The molecule has 0 unspecified atom stereocenters. The molecule has 3 fully saturated rings. The average Bonchev–Trinajstić information content (AvgIpc) is 3.81. The summed E-state index contributed by atoms with van der Waals surface area (Å²) in [6.45, 7) is 11.9. The first-order valence-electron chi connectivity index (χ1n) is 16.4. The highest BCUT2D eigenvalue weighted by molar-refractivity contribution is 5.85. The standard InChI is InChI=1S/C24H29NO3.C14H19NO2.ClH/c1-17(13-18(2)26)20-5-9-23(10-6-20)28-24-14-25(15-24)21-7-11-22(12-8-21)27-16-19-3-4-19;1-10(7-11(2)16)12-3-5-13(6-4-12)17-14-8-15-9-14;/h5-12,17,19,24H,3-4,13-16H2,1-2H3;3-6,10,14-15H,7-9H2,1-2H3;1H/t17-;10-;/m11./s1. The summed E-state index contributed by atoms with van der Waals surface area (Å²) in [7, 11) is 0. The Balaban J connectivity index is 0.000000230. The molecule has 1 saturated carbocycles. The van der Waals surface area contributed by atoms with Crippen LogP contribution in [0.1, 0.15) is 76.3 Å². The summed E-state index contributed by atoms with van der Waals surface area (Å²) in [6.07, 6.45) is 4.34. The number of carbonyl (C=O) groups is 2. The van der Waals surface area contributed by atoms with E-state index in [1.807, 2.05) is 24.3 Å². The molecule has 3 aliphatic rings. The molecular weight excluding hydrogens is 600 g/mol. The van der Waals surface area contributed by atoms with Crippen LogP contribution in [0.2, 0.25) is 0 Å². The number of ether oxygens (including phenoxy) is 3. The van der Waals surface area contributed by atoms with E-state index in [9.17, 15) is 9.59 Å². The lowest BCUT2D eigenvalue weighted by Gasteiger charge is -2.40. The van der Waals surface area contributed by atoms with E-state index in [0.717, 1.165) is 56.0 Å². The first-order chi connectivity index (χ1) is 21.7. The third-order valence-electron chi connectivity index (χ3n) is 8.67. The lowest BCUT2D eigenvalue weighted by Crippen LogP contribution is -2.54. The zero-order valence-corrected chi connectivity index (χ0v) is 28.4. The molecule has 3 aromatic rings. The largest absolute Gasteiger partial charge is 0.493 e. The van der Waals surface area contributed by atoms with Gasteiger partial charge in [-0.05, 0) is 104 Å². The van der Waals surface area contributed by atoms with Crippen LogP contribution < -0.4 is 24.4 Å². The van der Waals surface area contributed by atoms with Crippen LogP contribution >= 0.6 is 12.4 Å². The number of anilines is 1. The van der Waals surface area contributed by atoms with Gasteiger partial charge in [0, 0.05) is 31.6 Å². The lowest BCUT2D eigenvalue weighted by molar-refractivity contribution is -0.118. The highest BCUT2D eigenvalue weighted by Crippen LogP contribution is 2.31. The van der Waals surface area contributed by atoms with Crippen LogP contribution in [0.5, 0.6) is 17.2 Å². The molecule has 248 valence electrons. The predicted molar refractivity (Wildman–Crippen MR) is 186 cm³/mol. The monoisotopic (exact) mass is 648 g/mol. The van der Waals surface area contributed by atoms with Gasteiger partial charge in [0.1, 0.15) is 41.0 Å². The highest BCUT2D eigenvalue weighted by atomic mass is 35.5. The SMILES string of the molecule is CC(=O)C[C@@H](C)c1ccc(OC2CN(c3ccc(OCC4CC4)cc3)C2)cc1.CC(=O)C[C@@H](C)c1ccc(OC2CNC2)cc1.Cl. The normalized spacial score (nSPS) is 17.2. The Morgan fingerprint density at radius 3 is 1.59 bits per heavy atom. The number of rotatable bonds is 14. The van der Waals surface area contributed by atoms with Gasteiger partial charge in [-0.2, -0.15) is 0 Å². The van der Waals surface area contributed by atoms with Crippen molar-refractivity contribution in [3.63, 3.8) is 0 Å². The average molecular weight is 649 g/mol. The molecule has 46 heavy (non-hydrogen) atoms. The molecule has 2 saturated heterocycles. The fourth-order valence-electron chi connectivity index (χ4n) is 5.55. The van der Waals surface area contributed by atoms with Gasteiger partial charge >= 0.3 is 0 Å². The Hall–Kier alpha value is -3.55. The van der Waals surface area contributed by atoms with E-state index in [2.05, 4.69) is 72.6 Å². The maximum atomic E-state index is 11.3. The van der Waals surface area contributed by atoms with Gasteiger partial charge in [-0.25, -0.2) is 0 Å². The van der Waals surface area contributed by atoms with Gasteiger partial charge in [0.05, 0.1) is 19.7 Å². The summed E-state index contributed by atoms with van der Waals surface area (Å²) in [5, 5.41) is 3.17. The van der Waals surface area contributed by atoms with Crippen LogP contribution in [0.4, 0.5) is 5.69 Å². The van der Waals surface area contributed by atoms with E-state index < -0.39 is 0 Å². The fraction of sp³-hybridized carbons (Fsp3) is 0.474. The van der Waals surface area contributed by atoms with Crippen molar-refractivity contribution in [3.05, 3.63) is 83.9 Å². The quantitative estimate of drug-likeness (QED) is 0.196. The van der Waals surface area contributed by atoms with E-state index in [1.54, 1.807) is 13.8 Å². The molecular formula is C38H49ClN2O5. The second kappa shape index (κ2) is 16.8. The molecule has 6 rings (SSSR count). The topological polar surface area (TPSA) is 77.1 Å². The maximum Gasteiger partial charge on any atom is 0.133 e. The number of hydrogen-bond acceptors (Lipinski definition) is 7. The Labute approximate surface area is 280 Å². The molecule has 0 radical (unpaired) electrons. The first-order valence-corrected chi connectivity index (χ1v) is 16.4. The molecule has 0 bridgehead atoms. The van der Waals surface area contributed by atoms with Gasteiger partial charge < -0.3 is 34.0 Å². The number of nitrogens with zero attached hydrogens (tertiary/aromatic N) is 1. The van der Waals surface area contributed by atoms with Crippen LogP contribution in [0.3, 0.4) is 0 Å². The van der Waals surface area contributed by atoms with Crippen molar-refractivity contribution in [2.45, 2.75) is 77.4 Å². The second-order valence-corrected chi connectivity index (χ2v) is 13.0. The fourth-order valence-corrected chi connectivity index (χ4v) is 5.55. The van der Waals surface area contributed by atoms with E-state index in [-0.39, 0.29) is 41.9 Å². The predicted octanol–water partition coefficient (Wildman–Crippen LogP) is 7.37. The summed E-state index contributed by atoms with van der Waals surface area (Å²) in [4.78, 5) is 24.7. The van der Waals surface area contributed by atoms with Gasteiger partial charge in [-0.15, -0.1) is 12.4 Å². The summed E-state index contributed by atoms with van der Waals surface area (Å²) in [5.41, 5.74) is 3.59. The van der Waals surface area contributed by atoms with Crippen LogP contribution in [0, 0.1) is 5.92 Å². The third-order valence-corrected chi connectivity index (χ3v) is 8.67. The van der Waals surface area contributed by atoms with Gasteiger partial charge in [-0.1, -0.05) is 38.1 Å². The number of benzene rings is 3. The van der Waals surface area contributed by atoms with Crippen molar-refractivity contribution in [2.24, 2.45) is 5.92 Å². The summed E-state index contributed by atoms with van der Waals surface area (Å²) >= 11 is 0. The van der Waals surface area contributed by atoms with Crippen molar-refractivity contribution in [2.75, 3.05) is 37.7 Å².